The summed E-state index contributed by atoms with van der Waals surface area (Å²) in [6.45, 7) is 4.31. The van der Waals surface area contributed by atoms with Crippen LogP contribution in [-0.2, 0) is 27.6 Å². The van der Waals surface area contributed by atoms with E-state index in [9.17, 15) is 18.0 Å². The van der Waals surface area contributed by atoms with Crippen LogP contribution in [0.4, 0.5) is 0 Å². The average molecular weight is 500 g/mol. The second-order valence-electron chi connectivity index (χ2n) is 8.95. The lowest BCUT2D eigenvalue weighted by molar-refractivity contribution is -0.128. The molecule has 3 aromatic rings. The molecule has 9 heteroatoms. The SMILES string of the molecule is CCCN(C)CCc1ccc(-c2ccc3c(=O)n(CCC(C(=O)NO)S(C)(=O)=O)ccc3c2)cc1. The maximum atomic E-state index is 13.0. The van der Waals surface area contributed by atoms with Crippen molar-refractivity contribution in [1.82, 2.24) is 14.9 Å². The van der Waals surface area contributed by atoms with Gasteiger partial charge in [0, 0.05) is 30.9 Å². The second kappa shape index (κ2) is 11.6. The molecule has 8 nitrogen and oxygen atoms in total. The lowest BCUT2D eigenvalue weighted by Gasteiger charge is -2.15. The minimum atomic E-state index is -3.74. The van der Waals surface area contributed by atoms with Crippen LogP contribution in [0.5, 0.6) is 0 Å². The highest BCUT2D eigenvalue weighted by Crippen LogP contribution is 2.24. The summed E-state index contributed by atoms with van der Waals surface area (Å²) in [6.07, 6.45) is 4.53. The standard InChI is InChI=1S/C26H33N3O5S/c1-4-14-28(2)15-11-19-5-7-20(8-6-19)21-9-10-23-22(18-21)12-16-29(26(23)31)17-13-24(25(30)27-32)35(3,33)34/h5-10,12,16,18,24,32H,4,11,13-15,17H2,1-3H3,(H,27,30). The van der Waals surface area contributed by atoms with Gasteiger partial charge in [0.15, 0.2) is 9.84 Å². The van der Waals surface area contributed by atoms with Crippen molar-refractivity contribution < 1.29 is 18.4 Å². The van der Waals surface area contributed by atoms with Crippen LogP contribution in [0.25, 0.3) is 21.9 Å². The molecule has 1 unspecified atom stereocenters. The Morgan fingerprint density at radius 1 is 1.09 bits per heavy atom. The molecule has 1 amide bonds. The quantitative estimate of drug-likeness (QED) is 0.310. The molecule has 0 spiro atoms. The molecule has 0 radical (unpaired) electrons. The summed E-state index contributed by atoms with van der Waals surface area (Å²) < 4.78 is 25.1. The van der Waals surface area contributed by atoms with E-state index in [2.05, 4.69) is 43.1 Å². The number of likely N-dealkylation sites (N-methyl/N-ethyl adjacent to an activating group) is 1. The first-order chi connectivity index (χ1) is 16.6. The summed E-state index contributed by atoms with van der Waals surface area (Å²) in [5, 5.41) is 8.68. The van der Waals surface area contributed by atoms with Gasteiger partial charge in [0.25, 0.3) is 11.5 Å². The first-order valence-corrected chi connectivity index (χ1v) is 13.6. The van der Waals surface area contributed by atoms with Crippen molar-refractivity contribution in [3.05, 3.63) is 70.6 Å². The lowest BCUT2D eigenvalue weighted by atomic mass is 10.00. The van der Waals surface area contributed by atoms with Gasteiger partial charge in [0.1, 0.15) is 5.25 Å². The van der Waals surface area contributed by atoms with E-state index in [-0.39, 0.29) is 18.5 Å². The zero-order chi connectivity index (χ0) is 25.6. The maximum Gasteiger partial charge on any atom is 0.261 e. The van der Waals surface area contributed by atoms with Crippen LogP contribution in [0.2, 0.25) is 0 Å². The van der Waals surface area contributed by atoms with E-state index in [0.29, 0.717) is 5.39 Å². The van der Waals surface area contributed by atoms with Gasteiger partial charge in [0.05, 0.1) is 0 Å². The number of nitrogens with one attached hydrogen (secondary N) is 1. The molecule has 2 aromatic carbocycles. The Hall–Kier alpha value is -3.01. The number of benzene rings is 2. The normalized spacial score (nSPS) is 12.7. The van der Waals surface area contributed by atoms with Crippen LogP contribution in [0.3, 0.4) is 0 Å². The largest absolute Gasteiger partial charge is 0.315 e. The van der Waals surface area contributed by atoms with Crippen molar-refractivity contribution in [2.75, 3.05) is 26.4 Å². The number of fused-ring (bicyclic) bond motifs is 1. The predicted molar refractivity (Wildman–Crippen MR) is 138 cm³/mol. The smallest absolute Gasteiger partial charge is 0.261 e. The highest BCUT2D eigenvalue weighted by atomic mass is 32.2. The minimum absolute atomic E-state index is 0.0244. The number of hydrogen-bond donors (Lipinski definition) is 2. The average Bonchev–Trinajstić information content (AvgIpc) is 2.83. The number of amides is 1. The molecule has 1 atom stereocenters. The maximum absolute atomic E-state index is 13.0. The Bertz CT molecular complexity index is 1330. The van der Waals surface area contributed by atoms with Gasteiger partial charge in [-0.1, -0.05) is 37.3 Å². The molecule has 0 aliphatic carbocycles. The fraction of sp³-hybridized carbons (Fsp3) is 0.385. The van der Waals surface area contributed by atoms with E-state index in [1.807, 2.05) is 12.1 Å². The van der Waals surface area contributed by atoms with Crippen LogP contribution in [0.1, 0.15) is 25.3 Å². The van der Waals surface area contributed by atoms with Crippen LogP contribution in [0, 0.1) is 0 Å². The first kappa shape index (κ1) is 26.6. The molecule has 188 valence electrons. The van der Waals surface area contributed by atoms with Crippen LogP contribution < -0.4 is 11.0 Å². The van der Waals surface area contributed by atoms with Crippen molar-refractivity contribution >= 4 is 26.5 Å². The second-order valence-corrected chi connectivity index (χ2v) is 11.2. The van der Waals surface area contributed by atoms with E-state index >= 15 is 0 Å². The molecule has 0 saturated carbocycles. The zero-order valence-corrected chi connectivity index (χ0v) is 21.2. The highest BCUT2D eigenvalue weighted by molar-refractivity contribution is 7.92. The van der Waals surface area contributed by atoms with Crippen molar-refractivity contribution in [3.8, 4) is 11.1 Å². The number of carbonyl (C=O) groups excluding carboxylic acids is 1. The molecule has 3 rings (SSSR count). The molecule has 1 heterocycles. The Morgan fingerprint density at radius 3 is 2.40 bits per heavy atom. The third-order valence-corrected chi connectivity index (χ3v) is 7.69. The van der Waals surface area contributed by atoms with Crippen LogP contribution in [0.15, 0.2) is 59.5 Å². The van der Waals surface area contributed by atoms with Gasteiger partial charge in [-0.25, -0.2) is 13.9 Å². The van der Waals surface area contributed by atoms with Crippen molar-refractivity contribution in [2.24, 2.45) is 0 Å². The van der Waals surface area contributed by atoms with Crippen LogP contribution >= 0.6 is 0 Å². The van der Waals surface area contributed by atoms with E-state index < -0.39 is 21.0 Å². The molecule has 1 aromatic heterocycles. The number of sulfone groups is 1. The number of nitrogens with zero attached hydrogens (tertiary/aromatic N) is 2. The Morgan fingerprint density at radius 2 is 1.77 bits per heavy atom. The fourth-order valence-corrected chi connectivity index (χ4v) is 5.16. The van der Waals surface area contributed by atoms with Gasteiger partial charge in [-0.2, -0.15) is 0 Å². The lowest BCUT2D eigenvalue weighted by Crippen LogP contribution is -2.39. The topological polar surface area (TPSA) is 109 Å². The molecule has 0 aliphatic heterocycles. The molecular weight excluding hydrogens is 466 g/mol. The van der Waals surface area contributed by atoms with Crippen molar-refractivity contribution in [3.63, 3.8) is 0 Å². The minimum Gasteiger partial charge on any atom is -0.315 e. The van der Waals surface area contributed by atoms with Crippen molar-refractivity contribution in [1.29, 1.82) is 0 Å². The summed E-state index contributed by atoms with van der Waals surface area (Å²) in [7, 11) is -1.61. The monoisotopic (exact) mass is 499 g/mol. The molecule has 0 saturated heterocycles. The Labute approximate surface area is 206 Å². The molecule has 35 heavy (non-hydrogen) atoms. The van der Waals surface area contributed by atoms with Gasteiger partial charge < -0.3 is 9.47 Å². The number of hydroxylamine groups is 1. The number of pyridine rings is 1. The highest BCUT2D eigenvalue weighted by Gasteiger charge is 2.28. The third-order valence-electron chi connectivity index (χ3n) is 6.20. The number of hydrogen-bond acceptors (Lipinski definition) is 6. The summed E-state index contributed by atoms with van der Waals surface area (Å²) >= 11 is 0. The van der Waals surface area contributed by atoms with Crippen molar-refractivity contribution in [2.45, 2.75) is 38.0 Å². The van der Waals surface area contributed by atoms with E-state index in [0.717, 1.165) is 48.7 Å². The van der Waals surface area contributed by atoms with Crippen LogP contribution in [-0.4, -0.2) is 60.6 Å². The number of rotatable bonds is 11. The summed E-state index contributed by atoms with van der Waals surface area (Å²) in [5.74, 6) is -1.01. The molecule has 0 bridgehead atoms. The summed E-state index contributed by atoms with van der Waals surface area (Å²) in [4.78, 5) is 27.0. The third kappa shape index (κ3) is 6.78. The fourth-order valence-electron chi connectivity index (χ4n) is 4.19. The summed E-state index contributed by atoms with van der Waals surface area (Å²) in [5.41, 5.74) is 4.46. The summed E-state index contributed by atoms with van der Waals surface area (Å²) in [6, 6.07) is 15.9. The first-order valence-electron chi connectivity index (χ1n) is 11.7. The zero-order valence-electron chi connectivity index (χ0n) is 20.4. The van der Waals surface area contributed by atoms with Gasteiger partial charge in [-0.05, 0) is 73.1 Å². The van der Waals surface area contributed by atoms with Gasteiger partial charge in [0.2, 0.25) is 0 Å². The number of carbonyl (C=O) groups is 1. The Kier molecular flexibility index (Phi) is 8.82. The van der Waals surface area contributed by atoms with E-state index in [1.165, 1.54) is 15.6 Å². The van der Waals surface area contributed by atoms with Gasteiger partial charge >= 0.3 is 0 Å². The molecule has 2 N–H and O–H groups in total. The molecule has 0 fully saturated rings. The Balaban J connectivity index is 1.76. The predicted octanol–water partition coefficient (Wildman–Crippen LogP) is 2.86. The molecular formula is C26H33N3O5S. The number of aryl methyl sites for hydroxylation is 1. The van der Waals surface area contributed by atoms with E-state index in [1.54, 1.807) is 18.3 Å². The molecule has 0 aliphatic rings. The number of aromatic nitrogens is 1. The van der Waals surface area contributed by atoms with Gasteiger partial charge in [-0.3, -0.25) is 14.8 Å². The van der Waals surface area contributed by atoms with Gasteiger partial charge in [-0.15, -0.1) is 0 Å². The van der Waals surface area contributed by atoms with E-state index in [4.69, 9.17) is 5.21 Å².